The smallest absolute Gasteiger partial charge is 0.123 e. The average Bonchev–Trinajstić information content (AvgIpc) is 2.61. The molecule has 0 bridgehead atoms. The van der Waals surface area contributed by atoms with Crippen molar-refractivity contribution in [3.63, 3.8) is 0 Å². The summed E-state index contributed by atoms with van der Waals surface area (Å²) in [5.41, 5.74) is 2.62. The molecule has 1 aliphatic heterocycles. The van der Waals surface area contributed by atoms with Crippen molar-refractivity contribution in [3.05, 3.63) is 32.6 Å². The lowest BCUT2D eigenvalue weighted by Gasteiger charge is -2.19. The van der Waals surface area contributed by atoms with Crippen LogP contribution >= 0.6 is 22.9 Å². The molecule has 86 valence electrons. The molecule has 0 saturated heterocycles. The summed E-state index contributed by atoms with van der Waals surface area (Å²) in [7, 11) is 0. The van der Waals surface area contributed by atoms with Crippen molar-refractivity contribution in [1.82, 2.24) is 5.32 Å². The third-order valence-electron chi connectivity index (χ3n) is 2.83. The van der Waals surface area contributed by atoms with Gasteiger partial charge in [-0.15, -0.1) is 11.3 Å². The Morgan fingerprint density at radius 1 is 1.50 bits per heavy atom. The van der Waals surface area contributed by atoms with Gasteiger partial charge in [0.15, 0.2) is 0 Å². The second kappa shape index (κ2) is 4.60. The highest BCUT2D eigenvalue weighted by atomic mass is 35.5. The summed E-state index contributed by atoms with van der Waals surface area (Å²) in [6, 6.07) is -0.00318. The Hall–Kier alpha value is -0.800. The van der Waals surface area contributed by atoms with E-state index < -0.39 is 0 Å². The van der Waals surface area contributed by atoms with Crippen molar-refractivity contribution < 1.29 is 0 Å². The molecule has 1 atom stereocenters. The fraction of sp³-hybridized carbons (Fsp3) is 0.417. The van der Waals surface area contributed by atoms with Gasteiger partial charge in [0.05, 0.1) is 5.03 Å². The summed E-state index contributed by atoms with van der Waals surface area (Å²) in [6.07, 6.45) is 2.76. The van der Waals surface area contributed by atoms with Gasteiger partial charge in [-0.3, -0.25) is 4.99 Å². The number of nitrogens with one attached hydrogen (secondary N) is 1. The molecular weight excluding hydrogens is 240 g/mol. The highest BCUT2D eigenvalue weighted by Crippen LogP contribution is 2.37. The van der Waals surface area contributed by atoms with E-state index in [1.807, 2.05) is 6.20 Å². The van der Waals surface area contributed by atoms with Gasteiger partial charge in [-0.1, -0.05) is 18.5 Å². The molecule has 0 aromatic carbocycles. The van der Waals surface area contributed by atoms with Crippen LogP contribution < -0.4 is 5.32 Å². The molecule has 0 aliphatic carbocycles. The molecule has 2 nitrogen and oxygen atoms in total. The minimum atomic E-state index is -0.00318. The van der Waals surface area contributed by atoms with Crippen molar-refractivity contribution in [2.45, 2.75) is 33.2 Å². The second-order valence-electron chi connectivity index (χ2n) is 3.91. The predicted octanol–water partition coefficient (Wildman–Crippen LogP) is 3.90. The van der Waals surface area contributed by atoms with Crippen LogP contribution in [0.1, 0.15) is 35.4 Å². The van der Waals surface area contributed by atoms with Gasteiger partial charge < -0.3 is 5.32 Å². The number of thiophene rings is 1. The number of amidine groups is 1. The zero-order valence-electron chi connectivity index (χ0n) is 9.67. The Morgan fingerprint density at radius 3 is 2.81 bits per heavy atom. The fourth-order valence-electron chi connectivity index (χ4n) is 1.66. The zero-order valence-corrected chi connectivity index (χ0v) is 11.2. The molecule has 0 spiro atoms. The van der Waals surface area contributed by atoms with Crippen LogP contribution in [0.5, 0.6) is 0 Å². The lowest BCUT2D eigenvalue weighted by Crippen LogP contribution is -2.22. The maximum absolute atomic E-state index is 6.22. The van der Waals surface area contributed by atoms with Gasteiger partial charge in [0.1, 0.15) is 11.9 Å². The number of aryl methyl sites for hydroxylation is 1. The van der Waals surface area contributed by atoms with Crippen molar-refractivity contribution in [1.29, 1.82) is 0 Å². The van der Waals surface area contributed by atoms with E-state index in [4.69, 9.17) is 11.6 Å². The summed E-state index contributed by atoms with van der Waals surface area (Å²) in [5.74, 6) is 1.000. The van der Waals surface area contributed by atoms with E-state index >= 15 is 0 Å². The minimum absolute atomic E-state index is 0.00318. The topological polar surface area (TPSA) is 24.4 Å². The first-order chi connectivity index (χ1) is 7.63. The minimum Gasteiger partial charge on any atom is -0.349 e. The van der Waals surface area contributed by atoms with Gasteiger partial charge in [0, 0.05) is 17.5 Å². The quantitative estimate of drug-likeness (QED) is 0.851. The maximum atomic E-state index is 6.22. The van der Waals surface area contributed by atoms with Gasteiger partial charge >= 0.3 is 0 Å². The van der Waals surface area contributed by atoms with E-state index in [1.54, 1.807) is 11.3 Å². The number of aliphatic imine (C=N–C) groups is 1. The first kappa shape index (κ1) is 11.7. The Kier molecular flexibility index (Phi) is 3.36. The van der Waals surface area contributed by atoms with Crippen molar-refractivity contribution >= 4 is 28.8 Å². The number of rotatable bonds is 2. The molecule has 2 rings (SSSR count). The molecule has 1 unspecified atom stereocenters. The van der Waals surface area contributed by atoms with Crippen molar-refractivity contribution in [3.8, 4) is 0 Å². The molecule has 0 radical (unpaired) electrons. The van der Waals surface area contributed by atoms with Crippen molar-refractivity contribution in [2.24, 2.45) is 4.99 Å². The van der Waals surface area contributed by atoms with Crippen LogP contribution in [0.4, 0.5) is 0 Å². The molecule has 1 aromatic heterocycles. The summed E-state index contributed by atoms with van der Waals surface area (Å²) in [5, 5.41) is 6.04. The fourth-order valence-corrected chi connectivity index (χ4v) is 3.06. The molecule has 1 aliphatic rings. The predicted molar refractivity (Wildman–Crippen MR) is 71.3 cm³/mol. The third-order valence-corrected chi connectivity index (χ3v) is 4.40. The van der Waals surface area contributed by atoms with Gasteiger partial charge in [-0.2, -0.15) is 0 Å². The van der Waals surface area contributed by atoms with E-state index in [1.165, 1.54) is 16.0 Å². The van der Waals surface area contributed by atoms with Crippen LogP contribution in [-0.4, -0.2) is 5.84 Å². The SMILES string of the molecule is CCC1=NC(c2scc(C)c2C)C(Cl)=CN1. The van der Waals surface area contributed by atoms with Crippen LogP contribution in [-0.2, 0) is 0 Å². The van der Waals surface area contributed by atoms with Gasteiger partial charge in [0.25, 0.3) is 0 Å². The zero-order chi connectivity index (χ0) is 11.7. The number of halogens is 1. The Morgan fingerprint density at radius 2 is 2.25 bits per heavy atom. The highest BCUT2D eigenvalue weighted by Gasteiger charge is 2.22. The maximum Gasteiger partial charge on any atom is 0.123 e. The number of nitrogens with zero attached hydrogens (tertiary/aromatic N) is 1. The third kappa shape index (κ3) is 2.02. The molecule has 0 amide bonds. The van der Waals surface area contributed by atoms with Crippen LogP contribution in [0.25, 0.3) is 0 Å². The monoisotopic (exact) mass is 254 g/mol. The Bertz CT molecular complexity index is 460. The van der Waals surface area contributed by atoms with Gasteiger partial charge in [-0.25, -0.2) is 0 Å². The summed E-state index contributed by atoms with van der Waals surface area (Å²) in [6.45, 7) is 6.34. The van der Waals surface area contributed by atoms with Crippen LogP contribution in [0.15, 0.2) is 21.6 Å². The summed E-state index contributed by atoms with van der Waals surface area (Å²) >= 11 is 7.96. The van der Waals surface area contributed by atoms with Crippen molar-refractivity contribution in [2.75, 3.05) is 0 Å². The van der Waals surface area contributed by atoms with Crippen LogP contribution in [0, 0.1) is 13.8 Å². The normalized spacial score (nSPS) is 20.1. The highest BCUT2D eigenvalue weighted by molar-refractivity contribution is 7.10. The molecular formula is C12H15ClN2S. The first-order valence-electron chi connectivity index (χ1n) is 5.36. The summed E-state index contributed by atoms with van der Waals surface area (Å²) < 4.78 is 0. The van der Waals surface area contributed by atoms with Gasteiger partial charge in [-0.05, 0) is 30.4 Å². The molecule has 0 saturated carbocycles. The molecule has 2 heterocycles. The average molecular weight is 255 g/mol. The molecule has 1 N–H and O–H groups in total. The van der Waals surface area contributed by atoms with Gasteiger partial charge in [0.2, 0.25) is 0 Å². The largest absolute Gasteiger partial charge is 0.349 e. The molecule has 1 aromatic rings. The molecule has 16 heavy (non-hydrogen) atoms. The lowest BCUT2D eigenvalue weighted by molar-refractivity contribution is 0.849. The lowest BCUT2D eigenvalue weighted by atomic mass is 10.1. The van der Waals surface area contributed by atoms with E-state index in [-0.39, 0.29) is 6.04 Å². The Balaban J connectivity index is 2.39. The van der Waals surface area contributed by atoms with Crippen LogP contribution in [0.2, 0.25) is 0 Å². The first-order valence-corrected chi connectivity index (χ1v) is 6.62. The van der Waals surface area contributed by atoms with E-state index in [0.717, 1.165) is 17.3 Å². The molecule has 0 fully saturated rings. The summed E-state index contributed by atoms with van der Waals surface area (Å²) in [4.78, 5) is 5.90. The van der Waals surface area contributed by atoms with E-state index in [2.05, 4.69) is 36.5 Å². The second-order valence-corrected chi connectivity index (χ2v) is 5.26. The standard InChI is InChI=1S/C12H15ClN2S/c1-4-10-14-5-9(13)11(15-10)12-8(3)7(2)6-16-12/h5-6,11H,4H2,1-3H3,(H,14,15). The van der Waals surface area contributed by atoms with E-state index in [9.17, 15) is 0 Å². The molecule has 4 heteroatoms. The van der Waals surface area contributed by atoms with Crippen LogP contribution in [0.3, 0.4) is 0 Å². The Labute approximate surface area is 105 Å². The number of hydrogen-bond acceptors (Lipinski definition) is 3. The van der Waals surface area contributed by atoms with E-state index in [0.29, 0.717) is 0 Å². The number of hydrogen-bond donors (Lipinski definition) is 1.